The van der Waals surface area contributed by atoms with Crippen LogP contribution >= 0.6 is 0 Å². The van der Waals surface area contributed by atoms with E-state index in [2.05, 4.69) is 4.98 Å². The smallest absolute Gasteiger partial charge is 0.410 e. The van der Waals surface area contributed by atoms with Crippen molar-refractivity contribution >= 4 is 6.09 Å². The lowest BCUT2D eigenvalue weighted by Crippen LogP contribution is -2.38. The first kappa shape index (κ1) is 17.5. The van der Waals surface area contributed by atoms with Gasteiger partial charge >= 0.3 is 6.09 Å². The molecule has 134 valence electrons. The van der Waals surface area contributed by atoms with Crippen molar-refractivity contribution < 1.29 is 18.7 Å². The molecule has 1 aliphatic rings. The molecule has 0 N–H and O–H groups in total. The van der Waals surface area contributed by atoms with E-state index in [0.717, 1.165) is 17.5 Å². The van der Waals surface area contributed by atoms with Crippen molar-refractivity contribution in [3.05, 3.63) is 41.8 Å². The minimum Gasteiger partial charge on any atom is -0.445 e. The largest absolute Gasteiger partial charge is 0.445 e. The lowest BCUT2D eigenvalue weighted by Gasteiger charge is -2.31. The number of carbonyl (C=O) groups is 1. The maximum Gasteiger partial charge on any atom is 0.410 e. The molecule has 0 unspecified atom stereocenters. The average molecular weight is 344 g/mol. The molecule has 0 spiro atoms. The molecule has 3 rings (SSSR count). The van der Waals surface area contributed by atoms with Crippen LogP contribution in [0.4, 0.5) is 4.79 Å². The summed E-state index contributed by atoms with van der Waals surface area (Å²) in [5.41, 5.74) is 2.70. The highest BCUT2D eigenvalue weighted by atomic mass is 16.6. The molecule has 2 heterocycles. The minimum absolute atomic E-state index is 0.198. The molecular formula is C19H24N2O4. The van der Waals surface area contributed by atoms with Gasteiger partial charge in [0.05, 0.1) is 19.3 Å². The Labute approximate surface area is 147 Å². The van der Waals surface area contributed by atoms with Crippen molar-refractivity contribution in [2.45, 2.75) is 38.9 Å². The van der Waals surface area contributed by atoms with Crippen molar-refractivity contribution in [3.8, 4) is 11.5 Å². The summed E-state index contributed by atoms with van der Waals surface area (Å²) in [5.74, 6) is 0.609. The Bertz CT molecular complexity index is 734. The van der Waals surface area contributed by atoms with Crippen molar-refractivity contribution in [2.75, 3.05) is 20.2 Å². The first-order valence-electron chi connectivity index (χ1n) is 8.42. The monoisotopic (exact) mass is 344 g/mol. The van der Waals surface area contributed by atoms with E-state index in [1.807, 2.05) is 39.0 Å². The highest BCUT2D eigenvalue weighted by Crippen LogP contribution is 2.34. The summed E-state index contributed by atoms with van der Waals surface area (Å²) in [6, 6.07) is 6.01. The molecule has 25 heavy (non-hydrogen) atoms. The van der Waals surface area contributed by atoms with E-state index in [9.17, 15) is 4.79 Å². The van der Waals surface area contributed by atoms with Crippen LogP contribution in [-0.2, 0) is 15.9 Å². The van der Waals surface area contributed by atoms with Crippen LogP contribution in [0.15, 0.2) is 35.1 Å². The van der Waals surface area contributed by atoms with Crippen molar-refractivity contribution in [1.29, 1.82) is 0 Å². The van der Waals surface area contributed by atoms with Gasteiger partial charge in [0, 0.05) is 12.6 Å². The van der Waals surface area contributed by atoms with Crippen molar-refractivity contribution in [3.63, 3.8) is 0 Å². The summed E-state index contributed by atoms with van der Waals surface area (Å²) in [6.07, 6.45) is 3.45. The zero-order valence-corrected chi connectivity index (χ0v) is 15.1. The molecule has 0 bridgehead atoms. The summed E-state index contributed by atoms with van der Waals surface area (Å²) >= 11 is 0. The number of aromatic nitrogens is 1. The Morgan fingerprint density at radius 2 is 2.20 bits per heavy atom. The van der Waals surface area contributed by atoms with Gasteiger partial charge in [0.2, 0.25) is 5.89 Å². The number of likely N-dealkylation sites (N-methyl/N-ethyl adjacent to an activating group) is 1. The zero-order chi connectivity index (χ0) is 18.0. The van der Waals surface area contributed by atoms with Gasteiger partial charge in [-0.2, -0.15) is 0 Å². The molecular weight excluding hydrogens is 320 g/mol. The number of hydrogen-bond acceptors (Lipinski definition) is 5. The fraction of sp³-hybridized carbons (Fsp3) is 0.474. The number of benzene rings is 1. The second kappa shape index (κ2) is 6.88. The first-order chi connectivity index (χ1) is 11.8. The second-order valence-corrected chi connectivity index (χ2v) is 7.18. The average Bonchev–Trinajstić information content (AvgIpc) is 3.07. The molecule has 0 aliphatic carbocycles. The number of fused-ring (bicyclic) bond motifs is 1. The molecule has 0 saturated heterocycles. The van der Waals surface area contributed by atoms with Crippen molar-refractivity contribution in [2.24, 2.45) is 0 Å². The molecule has 0 saturated carbocycles. The summed E-state index contributed by atoms with van der Waals surface area (Å²) in [7, 11) is 1.73. The number of oxazole rings is 1. The number of ether oxygens (including phenoxy) is 2. The minimum atomic E-state index is -0.519. The third-order valence-electron chi connectivity index (χ3n) is 4.04. The van der Waals surface area contributed by atoms with Gasteiger partial charge in [-0.05, 0) is 44.4 Å². The van der Waals surface area contributed by atoms with E-state index in [1.54, 1.807) is 24.4 Å². The van der Waals surface area contributed by atoms with E-state index < -0.39 is 5.60 Å². The number of carbonyl (C=O) groups excluding carboxylic acids is 1. The molecule has 6 nitrogen and oxygen atoms in total. The second-order valence-electron chi connectivity index (χ2n) is 7.18. The van der Waals surface area contributed by atoms with E-state index in [0.29, 0.717) is 19.0 Å². The lowest BCUT2D eigenvalue weighted by atomic mass is 9.92. The van der Waals surface area contributed by atoms with E-state index in [-0.39, 0.29) is 12.2 Å². The Morgan fingerprint density at radius 3 is 2.88 bits per heavy atom. The number of rotatable bonds is 3. The van der Waals surface area contributed by atoms with Crippen LogP contribution in [0.2, 0.25) is 0 Å². The van der Waals surface area contributed by atoms with Gasteiger partial charge in [0.25, 0.3) is 0 Å². The summed E-state index contributed by atoms with van der Waals surface area (Å²) in [5, 5.41) is 0. The third-order valence-corrected chi connectivity index (χ3v) is 4.04. The Morgan fingerprint density at radius 1 is 1.40 bits per heavy atom. The maximum absolute atomic E-state index is 12.2. The molecule has 1 aromatic heterocycles. The number of hydrogen-bond donors (Lipinski definition) is 0. The molecule has 6 heteroatoms. The highest BCUT2D eigenvalue weighted by molar-refractivity contribution is 5.68. The summed E-state index contributed by atoms with van der Waals surface area (Å²) in [4.78, 5) is 18.0. The van der Waals surface area contributed by atoms with Gasteiger partial charge < -0.3 is 18.8 Å². The summed E-state index contributed by atoms with van der Waals surface area (Å²) in [6.45, 7) is 6.59. The van der Waals surface area contributed by atoms with Crippen LogP contribution < -0.4 is 0 Å². The summed E-state index contributed by atoms with van der Waals surface area (Å²) < 4.78 is 16.8. The van der Waals surface area contributed by atoms with Gasteiger partial charge in [0.15, 0.2) is 0 Å². The molecule has 0 fully saturated rings. The van der Waals surface area contributed by atoms with Gasteiger partial charge in [-0.25, -0.2) is 9.78 Å². The molecule has 1 amide bonds. The van der Waals surface area contributed by atoms with Crippen LogP contribution in [0.25, 0.3) is 11.5 Å². The van der Waals surface area contributed by atoms with E-state index >= 15 is 0 Å². The fourth-order valence-electron chi connectivity index (χ4n) is 2.95. The Balaban J connectivity index is 1.80. The molecule has 1 aliphatic heterocycles. The van der Waals surface area contributed by atoms with Gasteiger partial charge in [0.1, 0.15) is 18.0 Å². The first-order valence-corrected chi connectivity index (χ1v) is 8.42. The van der Waals surface area contributed by atoms with Gasteiger partial charge in [-0.15, -0.1) is 0 Å². The standard InChI is InChI=1S/C19H24N2O4/c1-19(2,3)25-18(22)21(4)12-16-14-6-5-7-15(13(14)8-10-23-16)17-20-9-11-24-17/h5-7,9,11,16H,8,10,12H2,1-4H3/t16-/m1/s1. The highest BCUT2D eigenvalue weighted by Gasteiger charge is 2.28. The third kappa shape index (κ3) is 4.02. The van der Waals surface area contributed by atoms with E-state index in [1.165, 1.54) is 5.56 Å². The van der Waals surface area contributed by atoms with Crippen LogP contribution in [0, 0.1) is 0 Å². The Kier molecular flexibility index (Phi) is 4.81. The van der Waals surface area contributed by atoms with Crippen LogP contribution in [0.5, 0.6) is 0 Å². The predicted molar refractivity (Wildman–Crippen MR) is 93.2 cm³/mol. The fourth-order valence-corrected chi connectivity index (χ4v) is 2.95. The van der Waals surface area contributed by atoms with Crippen LogP contribution in [-0.4, -0.2) is 41.8 Å². The quantitative estimate of drug-likeness (QED) is 0.847. The number of amides is 1. The maximum atomic E-state index is 12.2. The lowest BCUT2D eigenvalue weighted by molar-refractivity contribution is -0.00159. The predicted octanol–water partition coefficient (Wildman–Crippen LogP) is 3.82. The normalized spacial score (nSPS) is 17.0. The molecule has 0 radical (unpaired) electrons. The van der Waals surface area contributed by atoms with Crippen LogP contribution in [0.3, 0.4) is 0 Å². The van der Waals surface area contributed by atoms with Crippen LogP contribution in [0.1, 0.15) is 38.0 Å². The molecule has 2 aromatic rings. The topological polar surface area (TPSA) is 64.8 Å². The number of nitrogens with zero attached hydrogens (tertiary/aromatic N) is 2. The SMILES string of the molecule is CN(C[C@H]1OCCc2c(-c3ncco3)cccc21)C(=O)OC(C)(C)C. The van der Waals surface area contributed by atoms with Crippen molar-refractivity contribution in [1.82, 2.24) is 9.88 Å². The van der Waals surface area contributed by atoms with Gasteiger partial charge in [-0.1, -0.05) is 12.1 Å². The Hall–Kier alpha value is -2.34. The van der Waals surface area contributed by atoms with E-state index in [4.69, 9.17) is 13.9 Å². The zero-order valence-electron chi connectivity index (χ0n) is 15.1. The molecule has 1 atom stereocenters. The van der Waals surface area contributed by atoms with Gasteiger partial charge in [-0.3, -0.25) is 0 Å². The molecule has 1 aromatic carbocycles.